The maximum Gasteiger partial charge on any atom is 0.522 e. The van der Waals surface area contributed by atoms with Crippen molar-refractivity contribution in [1.29, 1.82) is 0 Å². The average molecular weight is 621 g/mol. The lowest BCUT2D eigenvalue weighted by atomic mass is 9.86. The number of hydrogen-bond donors (Lipinski definition) is 3. The SMILES string of the molecule is CCCOc1cccc(C(=O)c2ccc3[nH]c4c(c3c2)CC(CNCCc2cnn(C)c2)CC4)c1.O=S(=O)(O)C(F)(F)F. The predicted octanol–water partition coefficient (Wildman–Crippen LogP) is 5.25. The monoisotopic (exact) mass is 620 g/mol. The van der Waals surface area contributed by atoms with Gasteiger partial charge in [0.2, 0.25) is 0 Å². The molecule has 0 saturated heterocycles. The van der Waals surface area contributed by atoms with Gasteiger partial charge in [0.25, 0.3) is 0 Å². The minimum absolute atomic E-state index is 0.0354. The molecule has 1 aliphatic rings. The highest BCUT2D eigenvalue weighted by molar-refractivity contribution is 7.86. The standard InChI is InChI=1S/C29H34N4O2.CHF3O3S/c1-3-13-35-24-6-4-5-22(15-24)29(34)23-8-10-28-26(16-23)25-14-20(7-9-27(25)32-28)17-30-12-11-21-18-31-33(2)19-21;2-1(3,4)8(5,6)7/h4-6,8,10,15-16,18-20,30,32H,3,7,9,11-14,17H2,1-2H3;(H,5,6,7). The predicted molar refractivity (Wildman–Crippen MR) is 157 cm³/mol. The zero-order chi connectivity index (χ0) is 31.2. The molecule has 13 heteroatoms. The first-order valence-corrected chi connectivity index (χ1v) is 15.4. The fraction of sp³-hybridized carbons (Fsp3) is 0.400. The number of hydrogen-bond acceptors (Lipinski definition) is 6. The number of nitrogens with one attached hydrogen (secondary N) is 2. The molecule has 0 radical (unpaired) electrons. The van der Waals surface area contributed by atoms with E-state index < -0.39 is 15.6 Å². The second kappa shape index (κ2) is 13.7. The summed E-state index contributed by atoms with van der Waals surface area (Å²) >= 11 is 0. The third-order valence-corrected chi connectivity index (χ3v) is 7.78. The number of carbonyl (C=O) groups excluding carboxylic acids is 1. The van der Waals surface area contributed by atoms with Crippen LogP contribution >= 0.6 is 0 Å². The molecule has 1 atom stereocenters. The number of carbonyl (C=O) groups is 1. The highest BCUT2D eigenvalue weighted by Crippen LogP contribution is 2.33. The molecular weight excluding hydrogens is 585 g/mol. The molecule has 0 saturated carbocycles. The molecule has 0 amide bonds. The first-order chi connectivity index (χ1) is 20.4. The fourth-order valence-electron chi connectivity index (χ4n) is 5.06. The normalized spacial score (nSPS) is 15.1. The largest absolute Gasteiger partial charge is 0.522 e. The third kappa shape index (κ3) is 8.46. The Balaban J connectivity index is 0.000000467. The van der Waals surface area contributed by atoms with Crippen LogP contribution in [0.4, 0.5) is 13.2 Å². The Labute approximate surface area is 248 Å². The van der Waals surface area contributed by atoms with Crippen LogP contribution in [0.1, 0.15) is 52.5 Å². The Morgan fingerprint density at radius 3 is 2.63 bits per heavy atom. The van der Waals surface area contributed by atoms with Crippen LogP contribution in [0.25, 0.3) is 10.9 Å². The second-order valence-electron chi connectivity index (χ2n) is 10.6. The molecule has 0 fully saturated rings. The van der Waals surface area contributed by atoms with Crippen molar-refractivity contribution in [2.24, 2.45) is 13.0 Å². The van der Waals surface area contributed by atoms with Crippen molar-refractivity contribution in [2.45, 2.75) is 44.5 Å². The van der Waals surface area contributed by atoms with Gasteiger partial charge in [-0.2, -0.15) is 26.7 Å². The number of ketones is 1. The Morgan fingerprint density at radius 2 is 1.95 bits per heavy atom. The summed E-state index contributed by atoms with van der Waals surface area (Å²) in [7, 11) is -3.89. The number of alkyl halides is 3. The Kier molecular flexibility index (Phi) is 10.3. The number of fused-ring (bicyclic) bond motifs is 3. The van der Waals surface area contributed by atoms with Crippen LogP contribution < -0.4 is 10.1 Å². The van der Waals surface area contributed by atoms with Crippen molar-refractivity contribution < 1.29 is 35.7 Å². The van der Waals surface area contributed by atoms with E-state index in [1.165, 1.54) is 28.6 Å². The summed E-state index contributed by atoms with van der Waals surface area (Å²) in [4.78, 5) is 16.9. The lowest BCUT2D eigenvalue weighted by Gasteiger charge is -2.23. The highest BCUT2D eigenvalue weighted by Gasteiger charge is 2.44. The molecule has 232 valence electrons. The van der Waals surface area contributed by atoms with E-state index in [0.717, 1.165) is 55.6 Å². The van der Waals surface area contributed by atoms with Crippen LogP contribution in [0.2, 0.25) is 0 Å². The molecule has 2 aromatic carbocycles. The van der Waals surface area contributed by atoms with Gasteiger partial charge in [-0.3, -0.25) is 14.0 Å². The van der Waals surface area contributed by atoms with Crippen molar-refractivity contribution in [3.8, 4) is 5.75 Å². The molecule has 0 bridgehead atoms. The summed E-state index contributed by atoms with van der Waals surface area (Å²) in [5.74, 6) is 1.38. The number of aromatic nitrogens is 3. The molecule has 0 spiro atoms. The number of aryl methyl sites for hydroxylation is 2. The van der Waals surface area contributed by atoms with Gasteiger partial charge in [-0.15, -0.1) is 0 Å². The van der Waals surface area contributed by atoms with Crippen molar-refractivity contribution in [2.75, 3.05) is 19.7 Å². The van der Waals surface area contributed by atoms with Gasteiger partial charge in [0.05, 0.1) is 12.8 Å². The van der Waals surface area contributed by atoms with E-state index in [9.17, 15) is 18.0 Å². The lowest BCUT2D eigenvalue weighted by Crippen LogP contribution is -2.28. The van der Waals surface area contributed by atoms with E-state index in [2.05, 4.69) is 40.7 Å². The molecule has 4 aromatic rings. The Morgan fingerprint density at radius 1 is 1.21 bits per heavy atom. The van der Waals surface area contributed by atoms with Crippen LogP contribution in [0, 0.1) is 5.92 Å². The molecule has 5 rings (SSSR count). The summed E-state index contributed by atoms with van der Waals surface area (Å²) in [5.41, 5.74) is 0.944. The number of H-pyrrole nitrogens is 1. The van der Waals surface area contributed by atoms with Crippen molar-refractivity contribution in [3.63, 3.8) is 0 Å². The van der Waals surface area contributed by atoms with E-state index >= 15 is 0 Å². The topological polar surface area (TPSA) is 126 Å². The van der Waals surface area contributed by atoms with Crippen molar-refractivity contribution in [1.82, 2.24) is 20.1 Å². The van der Waals surface area contributed by atoms with E-state index in [4.69, 9.17) is 17.7 Å². The van der Waals surface area contributed by atoms with Gasteiger partial charge < -0.3 is 15.0 Å². The van der Waals surface area contributed by atoms with Gasteiger partial charge in [0.15, 0.2) is 5.78 Å². The molecule has 43 heavy (non-hydrogen) atoms. The minimum atomic E-state index is -5.84. The summed E-state index contributed by atoms with van der Waals surface area (Å²) in [6.07, 6.45) is 9.22. The first kappa shape index (κ1) is 32.2. The number of halogens is 3. The maximum atomic E-state index is 13.3. The molecule has 1 aliphatic carbocycles. The van der Waals surface area contributed by atoms with Crippen molar-refractivity contribution in [3.05, 3.63) is 82.8 Å². The molecular formula is C30H35F3N4O5S. The Hall–Kier alpha value is -3.68. The van der Waals surface area contributed by atoms with Gasteiger partial charge in [0, 0.05) is 41.0 Å². The molecule has 3 N–H and O–H groups in total. The number of nitrogens with zero attached hydrogens (tertiary/aromatic N) is 2. The number of rotatable bonds is 10. The first-order valence-electron chi connectivity index (χ1n) is 14.0. The zero-order valence-electron chi connectivity index (χ0n) is 23.9. The highest BCUT2D eigenvalue weighted by atomic mass is 32.2. The summed E-state index contributed by atoms with van der Waals surface area (Å²) in [6.45, 7) is 4.70. The van der Waals surface area contributed by atoms with Gasteiger partial charge >= 0.3 is 15.6 Å². The summed E-state index contributed by atoms with van der Waals surface area (Å²) in [6, 6.07) is 13.6. The second-order valence-corrected chi connectivity index (χ2v) is 12.0. The van der Waals surface area contributed by atoms with Crippen LogP contribution in [-0.4, -0.2) is 58.7 Å². The molecule has 1 unspecified atom stereocenters. The average Bonchev–Trinajstić information content (AvgIpc) is 3.55. The molecule has 9 nitrogen and oxygen atoms in total. The fourth-order valence-corrected chi connectivity index (χ4v) is 5.06. The van der Waals surface area contributed by atoms with Crippen LogP contribution in [-0.2, 0) is 36.4 Å². The van der Waals surface area contributed by atoms with E-state index in [-0.39, 0.29) is 5.78 Å². The lowest BCUT2D eigenvalue weighted by molar-refractivity contribution is -0.0510. The van der Waals surface area contributed by atoms with Gasteiger partial charge in [0.1, 0.15) is 5.75 Å². The summed E-state index contributed by atoms with van der Waals surface area (Å²) < 4.78 is 65.1. The van der Waals surface area contributed by atoms with E-state index in [1.807, 2.05) is 48.3 Å². The minimum Gasteiger partial charge on any atom is -0.494 e. The number of benzene rings is 2. The molecule has 2 heterocycles. The van der Waals surface area contributed by atoms with Crippen LogP contribution in [0.5, 0.6) is 5.75 Å². The van der Waals surface area contributed by atoms with E-state index in [0.29, 0.717) is 18.1 Å². The van der Waals surface area contributed by atoms with Crippen LogP contribution in [0.3, 0.4) is 0 Å². The smallest absolute Gasteiger partial charge is 0.494 e. The van der Waals surface area contributed by atoms with Gasteiger partial charge in [-0.1, -0.05) is 19.1 Å². The molecule has 0 aliphatic heterocycles. The number of aromatic amines is 1. The maximum absolute atomic E-state index is 13.3. The van der Waals surface area contributed by atoms with Gasteiger partial charge in [-0.25, -0.2) is 0 Å². The summed E-state index contributed by atoms with van der Waals surface area (Å²) in [5, 5.41) is 9.07. The number of ether oxygens (including phenoxy) is 1. The van der Waals surface area contributed by atoms with Gasteiger partial charge in [-0.05, 0) is 92.6 Å². The third-order valence-electron chi connectivity index (χ3n) is 7.20. The van der Waals surface area contributed by atoms with E-state index in [1.54, 1.807) is 0 Å². The van der Waals surface area contributed by atoms with Crippen LogP contribution in [0.15, 0.2) is 54.9 Å². The quantitative estimate of drug-likeness (QED) is 0.0957. The zero-order valence-corrected chi connectivity index (χ0v) is 24.8. The Bertz CT molecular complexity index is 1660. The van der Waals surface area contributed by atoms with Crippen molar-refractivity contribution >= 4 is 26.8 Å². The molecule has 2 aromatic heterocycles.